The fourth-order valence-electron chi connectivity index (χ4n) is 3.96. The van der Waals surface area contributed by atoms with Crippen LogP contribution in [0, 0.1) is 5.41 Å². The van der Waals surface area contributed by atoms with Crippen molar-refractivity contribution in [3.05, 3.63) is 64.7 Å². The van der Waals surface area contributed by atoms with Crippen molar-refractivity contribution in [3.63, 3.8) is 0 Å². The SMILES string of the molecule is CSCCCC1(C)CN(CC(=O)N(C)c2ccc(C(F)(F)F)cc2)N=C1c1ccc(Cl)cc1. The maximum absolute atomic E-state index is 12.9. The second-order valence-electron chi connectivity index (χ2n) is 8.43. The predicted molar refractivity (Wildman–Crippen MR) is 130 cm³/mol. The molecule has 1 aliphatic rings. The molecular formula is C24H27ClF3N3OS. The number of thioether (sulfide) groups is 1. The quantitative estimate of drug-likeness (QED) is 0.408. The number of hydrazone groups is 1. The van der Waals surface area contributed by atoms with Gasteiger partial charge >= 0.3 is 6.18 Å². The van der Waals surface area contributed by atoms with Crippen molar-refractivity contribution < 1.29 is 18.0 Å². The molecule has 2 aromatic rings. The molecule has 2 aromatic carbocycles. The van der Waals surface area contributed by atoms with Crippen molar-refractivity contribution in [2.75, 3.05) is 37.0 Å². The number of alkyl halides is 3. The molecule has 0 fully saturated rings. The van der Waals surface area contributed by atoms with Crippen molar-refractivity contribution in [1.82, 2.24) is 5.01 Å². The van der Waals surface area contributed by atoms with E-state index in [1.165, 1.54) is 17.0 Å². The first kappa shape index (κ1) is 25.4. The molecule has 0 aromatic heterocycles. The van der Waals surface area contributed by atoms with Gasteiger partial charge in [-0.2, -0.15) is 30.0 Å². The molecule has 178 valence electrons. The molecule has 1 aliphatic heterocycles. The van der Waals surface area contributed by atoms with E-state index in [-0.39, 0.29) is 17.9 Å². The average molecular weight is 498 g/mol. The Bertz CT molecular complexity index is 996. The first-order chi connectivity index (χ1) is 15.5. The predicted octanol–water partition coefficient (Wildman–Crippen LogP) is 6.19. The molecule has 4 nitrogen and oxygen atoms in total. The van der Waals surface area contributed by atoms with E-state index >= 15 is 0 Å². The number of carbonyl (C=O) groups excluding carboxylic acids is 1. The Labute approximate surface area is 201 Å². The summed E-state index contributed by atoms with van der Waals surface area (Å²) >= 11 is 7.85. The summed E-state index contributed by atoms with van der Waals surface area (Å²) in [5, 5.41) is 7.19. The largest absolute Gasteiger partial charge is 0.416 e. The van der Waals surface area contributed by atoms with Gasteiger partial charge in [0.1, 0.15) is 6.54 Å². The van der Waals surface area contributed by atoms with Crippen LogP contribution in [-0.4, -0.2) is 48.8 Å². The fourth-order valence-corrected chi connectivity index (χ4v) is 4.52. The number of nitrogens with zero attached hydrogens (tertiary/aromatic N) is 3. The van der Waals surface area contributed by atoms with E-state index in [4.69, 9.17) is 16.7 Å². The van der Waals surface area contributed by atoms with Crippen molar-refractivity contribution in [1.29, 1.82) is 0 Å². The number of anilines is 1. The van der Waals surface area contributed by atoms with Gasteiger partial charge in [-0.3, -0.25) is 9.80 Å². The molecule has 0 aliphatic carbocycles. The Morgan fingerprint density at radius 2 is 1.82 bits per heavy atom. The van der Waals surface area contributed by atoms with Crippen LogP contribution in [0.15, 0.2) is 53.6 Å². The number of halogens is 4. The van der Waals surface area contributed by atoms with E-state index in [0.717, 1.165) is 42.0 Å². The molecule has 3 rings (SSSR count). The Morgan fingerprint density at radius 3 is 2.39 bits per heavy atom. The topological polar surface area (TPSA) is 35.9 Å². The van der Waals surface area contributed by atoms with Gasteiger partial charge in [-0.15, -0.1) is 0 Å². The molecule has 0 bridgehead atoms. The van der Waals surface area contributed by atoms with Crippen LogP contribution in [0.2, 0.25) is 5.02 Å². The maximum atomic E-state index is 12.9. The van der Waals surface area contributed by atoms with E-state index in [0.29, 0.717) is 17.3 Å². The third-order valence-electron chi connectivity index (χ3n) is 5.81. The zero-order valence-corrected chi connectivity index (χ0v) is 20.4. The highest BCUT2D eigenvalue weighted by molar-refractivity contribution is 7.98. The zero-order chi connectivity index (χ0) is 24.2. The second kappa shape index (κ2) is 10.4. The lowest BCUT2D eigenvalue weighted by atomic mass is 9.78. The fraction of sp³-hybridized carbons (Fsp3) is 0.417. The summed E-state index contributed by atoms with van der Waals surface area (Å²) in [6.07, 6.45) is -0.385. The van der Waals surface area contributed by atoms with Crippen molar-refractivity contribution in [2.45, 2.75) is 25.9 Å². The number of carbonyl (C=O) groups is 1. The van der Waals surface area contributed by atoms with E-state index in [1.54, 1.807) is 23.8 Å². The molecule has 1 heterocycles. The monoisotopic (exact) mass is 497 g/mol. The molecule has 0 saturated heterocycles. The van der Waals surface area contributed by atoms with E-state index in [9.17, 15) is 18.0 Å². The number of rotatable bonds is 8. The van der Waals surface area contributed by atoms with Crippen LogP contribution < -0.4 is 4.90 Å². The number of likely N-dealkylation sites (N-methyl/N-ethyl adjacent to an activating group) is 1. The Balaban J connectivity index is 1.76. The van der Waals surface area contributed by atoms with Gasteiger partial charge in [0.25, 0.3) is 0 Å². The van der Waals surface area contributed by atoms with E-state index in [1.807, 2.05) is 24.3 Å². The summed E-state index contributed by atoms with van der Waals surface area (Å²) in [4.78, 5) is 14.3. The summed E-state index contributed by atoms with van der Waals surface area (Å²) in [5.74, 6) is 0.793. The first-order valence-electron chi connectivity index (χ1n) is 10.6. The minimum absolute atomic E-state index is 0.0345. The average Bonchev–Trinajstić information content (AvgIpc) is 3.09. The smallest absolute Gasteiger partial charge is 0.314 e. The van der Waals surface area contributed by atoms with Crippen LogP contribution in [0.4, 0.5) is 18.9 Å². The van der Waals surface area contributed by atoms with E-state index < -0.39 is 11.7 Å². The molecule has 0 N–H and O–H groups in total. The van der Waals surface area contributed by atoms with Gasteiger partial charge in [-0.1, -0.05) is 30.7 Å². The van der Waals surface area contributed by atoms with Crippen LogP contribution in [0.3, 0.4) is 0 Å². The van der Waals surface area contributed by atoms with E-state index in [2.05, 4.69) is 13.2 Å². The molecule has 0 spiro atoms. The third-order valence-corrected chi connectivity index (χ3v) is 6.76. The third kappa shape index (κ3) is 6.23. The molecule has 1 amide bonds. The number of hydrogen-bond donors (Lipinski definition) is 0. The lowest BCUT2D eigenvalue weighted by Gasteiger charge is -2.27. The molecular weight excluding hydrogens is 471 g/mol. The van der Waals surface area contributed by atoms with Crippen LogP contribution >= 0.6 is 23.4 Å². The summed E-state index contributed by atoms with van der Waals surface area (Å²) < 4.78 is 38.5. The van der Waals surface area contributed by atoms with Crippen molar-refractivity contribution in [2.24, 2.45) is 10.5 Å². The Kier molecular flexibility index (Phi) is 8.00. The number of amides is 1. The van der Waals surface area contributed by atoms with Crippen LogP contribution in [-0.2, 0) is 11.0 Å². The Hall–Kier alpha value is -2.19. The van der Waals surface area contributed by atoms with Crippen molar-refractivity contribution in [3.8, 4) is 0 Å². The van der Waals surface area contributed by atoms with Gasteiger partial charge in [0, 0.05) is 29.7 Å². The van der Waals surface area contributed by atoms with Crippen molar-refractivity contribution >= 4 is 40.7 Å². The highest BCUT2D eigenvalue weighted by Crippen LogP contribution is 2.36. The number of hydrogen-bond acceptors (Lipinski definition) is 4. The lowest BCUT2D eigenvalue weighted by Crippen LogP contribution is -2.38. The summed E-state index contributed by atoms with van der Waals surface area (Å²) in [6.45, 7) is 2.78. The van der Waals surface area contributed by atoms with Gasteiger partial charge < -0.3 is 4.90 Å². The maximum Gasteiger partial charge on any atom is 0.416 e. The highest BCUT2D eigenvalue weighted by atomic mass is 35.5. The second-order valence-corrected chi connectivity index (χ2v) is 9.85. The lowest BCUT2D eigenvalue weighted by molar-refractivity contribution is -0.137. The minimum atomic E-state index is -4.41. The molecule has 1 unspecified atom stereocenters. The molecule has 0 radical (unpaired) electrons. The summed E-state index contributed by atoms with van der Waals surface area (Å²) in [6, 6.07) is 12.1. The minimum Gasteiger partial charge on any atom is -0.314 e. The summed E-state index contributed by atoms with van der Waals surface area (Å²) in [5.41, 5.74) is 1.32. The van der Waals surface area contributed by atoms with Gasteiger partial charge in [-0.05, 0) is 66.8 Å². The number of benzene rings is 2. The standard InChI is InChI=1S/C24H27ClF3N3OS/c1-23(13-4-14-33-3)16-31(29-22(23)17-5-9-19(25)10-6-17)15-21(32)30(2)20-11-7-18(8-12-20)24(26,27)28/h5-12H,4,13-16H2,1-3H3. The Morgan fingerprint density at radius 1 is 1.18 bits per heavy atom. The molecule has 1 atom stereocenters. The first-order valence-corrected chi connectivity index (χ1v) is 12.3. The normalized spacial score (nSPS) is 18.4. The van der Waals surface area contributed by atoms with Gasteiger partial charge in [0.05, 0.1) is 11.3 Å². The molecule has 33 heavy (non-hydrogen) atoms. The summed E-state index contributed by atoms with van der Waals surface area (Å²) in [7, 11) is 1.56. The van der Waals surface area contributed by atoms with Crippen LogP contribution in [0.1, 0.15) is 30.9 Å². The van der Waals surface area contributed by atoms with Gasteiger partial charge in [0.2, 0.25) is 5.91 Å². The van der Waals surface area contributed by atoms with Gasteiger partial charge in [0.15, 0.2) is 0 Å². The van der Waals surface area contributed by atoms with Crippen LogP contribution in [0.5, 0.6) is 0 Å². The highest BCUT2D eigenvalue weighted by Gasteiger charge is 2.39. The molecule has 0 saturated carbocycles. The van der Waals surface area contributed by atoms with Gasteiger partial charge in [-0.25, -0.2) is 0 Å². The van der Waals surface area contributed by atoms with Crippen LogP contribution in [0.25, 0.3) is 0 Å². The molecule has 9 heteroatoms. The zero-order valence-electron chi connectivity index (χ0n) is 18.8.